The van der Waals surface area contributed by atoms with Gasteiger partial charge in [0.2, 0.25) is 0 Å². The molecule has 2 heteroatoms. The van der Waals surface area contributed by atoms with Gasteiger partial charge >= 0.3 is 0 Å². The number of rotatable bonds is 2. The number of hydrogen-bond acceptors (Lipinski definition) is 1. The van der Waals surface area contributed by atoms with Crippen molar-refractivity contribution in [2.24, 2.45) is 0 Å². The summed E-state index contributed by atoms with van der Waals surface area (Å²) in [6, 6.07) is 36.5. The van der Waals surface area contributed by atoms with Crippen LogP contribution in [-0.4, -0.2) is 4.98 Å². The number of benzene rings is 5. The number of hydrogen-bond donors (Lipinski definition) is 2. The van der Waals surface area contributed by atoms with Crippen molar-refractivity contribution in [2.45, 2.75) is 4.90 Å². The summed E-state index contributed by atoms with van der Waals surface area (Å²) in [5, 5.41) is 5.05. The minimum atomic E-state index is 0.990. The Morgan fingerprint density at radius 3 is 2.07 bits per heavy atom. The Bertz CT molecular complexity index is 1540. The maximum absolute atomic E-state index is 4.72. The molecule has 1 heterocycles. The van der Waals surface area contributed by atoms with E-state index in [-0.39, 0.29) is 0 Å². The van der Waals surface area contributed by atoms with Crippen LogP contribution >= 0.6 is 12.6 Å². The van der Waals surface area contributed by atoms with Crippen LogP contribution in [0.4, 0.5) is 0 Å². The Kier molecular flexibility index (Phi) is 3.93. The molecule has 0 aliphatic rings. The molecular weight excluding hydrogens is 382 g/mol. The van der Waals surface area contributed by atoms with Crippen LogP contribution in [0.25, 0.3) is 54.8 Å². The van der Waals surface area contributed by atoms with Crippen LogP contribution in [0.2, 0.25) is 0 Å². The summed E-state index contributed by atoms with van der Waals surface area (Å²) in [7, 11) is 0. The van der Waals surface area contributed by atoms with E-state index >= 15 is 0 Å². The molecule has 1 nitrogen and oxygen atoms in total. The lowest BCUT2D eigenvalue weighted by Gasteiger charge is -2.11. The zero-order valence-corrected chi connectivity index (χ0v) is 17.2. The number of H-pyrrole nitrogens is 1. The molecule has 0 amide bonds. The third kappa shape index (κ3) is 2.65. The van der Waals surface area contributed by atoms with E-state index in [2.05, 4.69) is 102 Å². The molecule has 6 rings (SSSR count). The van der Waals surface area contributed by atoms with Gasteiger partial charge in [0.05, 0.1) is 0 Å². The third-order valence-electron chi connectivity index (χ3n) is 5.90. The van der Waals surface area contributed by atoms with Crippen molar-refractivity contribution in [1.82, 2.24) is 4.98 Å². The van der Waals surface area contributed by atoms with E-state index in [1.165, 1.54) is 38.2 Å². The van der Waals surface area contributed by atoms with E-state index in [1.807, 2.05) is 6.07 Å². The van der Waals surface area contributed by atoms with Crippen molar-refractivity contribution >= 4 is 45.2 Å². The predicted molar refractivity (Wildman–Crippen MR) is 131 cm³/mol. The largest absolute Gasteiger partial charge is 0.354 e. The lowest BCUT2D eigenvalue weighted by atomic mass is 9.94. The maximum atomic E-state index is 4.72. The summed E-state index contributed by atoms with van der Waals surface area (Å²) in [6.07, 6.45) is 0. The second-order valence-corrected chi connectivity index (χ2v) is 8.14. The monoisotopic (exact) mass is 401 g/mol. The maximum Gasteiger partial charge on any atom is 0.0477 e. The highest BCUT2D eigenvalue weighted by atomic mass is 32.1. The van der Waals surface area contributed by atoms with Gasteiger partial charge in [0, 0.05) is 26.7 Å². The molecular formula is C28H19NS. The van der Waals surface area contributed by atoms with Gasteiger partial charge in [0.15, 0.2) is 0 Å². The second kappa shape index (κ2) is 6.79. The van der Waals surface area contributed by atoms with Gasteiger partial charge in [-0.3, -0.25) is 0 Å². The SMILES string of the molecule is Sc1ccccc1-c1cc2[nH]c3cc(-c4ccccc4)ccc3c2c2ccccc12. The molecule has 0 saturated heterocycles. The fraction of sp³-hybridized carbons (Fsp3) is 0. The first-order chi connectivity index (χ1) is 14.8. The normalized spacial score (nSPS) is 11.5. The Morgan fingerprint density at radius 2 is 1.23 bits per heavy atom. The first-order valence-electron chi connectivity index (χ1n) is 10.1. The average Bonchev–Trinajstić information content (AvgIpc) is 3.17. The molecule has 1 N–H and O–H groups in total. The summed E-state index contributed by atoms with van der Waals surface area (Å²) >= 11 is 4.72. The van der Waals surface area contributed by atoms with Gasteiger partial charge in [-0.1, -0.05) is 84.9 Å². The minimum Gasteiger partial charge on any atom is -0.354 e. The van der Waals surface area contributed by atoms with Crippen molar-refractivity contribution in [3.8, 4) is 22.3 Å². The summed E-state index contributed by atoms with van der Waals surface area (Å²) in [5.74, 6) is 0. The minimum absolute atomic E-state index is 0.990. The van der Waals surface area contributed by atoms with E-state index < -0.39 is 0 Å². The molecule has 30 heavy (non-hydrogen) atoms. The highest BCUT2D eigenvalue weighted by Crippen LogP contribution is 2.40. The third-order valence-corrected chi connectivity index (χ3v) is 6.29. The molecule has 0 unspecified atom stereocenters. The first-order valence-corrected chi connectivity index (χ1v) is 10.6. The standard InChI is InChI=1S/C28H19NS/c30-27-13-7-6-11-21(27)24-17-26-28(22-12-5-4-10-20(22)24)23-15-14-19(16-25(23)29-26)18-8-2-1-3-9-18/h1-17,29-30H. The molecule has 0 bridgehead atoms. The molecule has 142 valence electrons. The van der Waals surface area contributed by atoms with Crippen LogP contribution in [0.1, 0.15) is 0 Å². The van der Waals surface area contributed by atoms with E-state index in [9.17, 15) is 0 Å². The molecule has 0 atom stereocenters. The van der Waals surface area contributed by atoms with Crippen molar-refractivity contribution in [2.75, 3.05) is 0 Å². The Balaban J connectivity index is 1.69. The van der Waals surface area contributed by atoms with Crippen molar-refractivity contribution in [3.63, 3.8) is 0 Å². The van der Waals surface area contributed by atoms with Crippen molar-refractivity contribution in [1.29, 1.82) is 0 Å². The lowest BCUT2D eigenvalue weighted by molar-refractivity contribution is 1.47. The van der Waals surface area contributed by atoms with Gasteiger partial charge < -0.3 is 4.98 Å². The van der Waals surface area contributed by atoms with Gasteiger partial charge in [-0.15, -0.1) is 12.6 Å². The molecule has 6 aromatic rings. The quantitative estimate of drug-likeness (QED) is 0.273. The summed E-state index contributed by atoms with van der Waals surface area (Å²) in [5.41, 5.74) is 7.13. The summed E-state index contributed by atoms with van der Waals surface area (Å²) in [4.78, 5) is 4.68. The zero-order valence-electron chi connectivity index (χ0n) is 16.3. The molecule has 0 spiro atoms. The van der Waals surface area contributed by atoms with Crippen molar-refractivity contribution in [3.05, 3.63) is 103 Å². The van der Waals surface area contributed by atoms with Crippen molar-refractivity contribution < 1.29 is 0 Å². The van der Waals surface area contributed by atoms with Gasteiger partial charge in [-0.2, -0.15) is 0 Å². The number of thiol groups is 1. The van der Waals surface area contributed by atoms with Crippen LogP contribution in [0, 0.1) is 0 Å². The highest BCUT2D eigenvalue weighted by Gasteiger charge is 2.14. The number of aromatic nitrogens is 1. The topological polar surface area (TPSA) is 15.8 Å². The van der Waals surface area contributed by atoms with Gasteiger partial charge in [0.1, 0.15) is 0 Å². The Morgan fingerprint density at radius 1 is 0.500 bits per heavy atom. The molecule has 0 radical (unpaired) electrons. The molecule has 0 fully saturated rings. The second-order valence-electron chi connectivity index (χ2n) is 7.66. The zero-order chi connectivity index (χ0) is 20.1. The summed E-state index contributed by atoms with van der Waals surface area (Å²) in [6.45, 7) is 0. The Labute approximate surface area is 180 Å². The average molecular weight is 402 g/mol. The van der Waals surface area contributed by atoms with Crippen LogP contribution in [0.15, 0.2) is 108 Å². The fourth-order valence-corrected chi connectivity index (χ4v) is 4.79. The van der Waals surface area contributed by atoms with E-state index in [1.54, 1.807) is 0 Å². The first kappa shape index (κ1) is 17.4. The highest BCUT2D eigenvalue weighted by molar-refractivity contribution is 7.80. The lowest BCUT2D eigenvalue weighted by Crippen LogP contribution is -1.85. The fourth-order valence-electron chi connectivity index (χ4n) is 4.51. The van der Waals surface area contributed by atoms with Crippen LogP contribution < -0.4 is 0 Å². The van der Waals surface area contributed by atoms with E-state index in [0.29, 0.717) is 0 Å². The molecule has 5 aromatic carbocycles. The van der Waals surface area contributed by atoms with Crippen LogP contribution in [0.3, 0.4) is 0 Å². The molecule has 0 aliphatic carbocycles. The van der Waals surface area contributed by atoms with Gasteiger partial charge in [-0.25, -0.2) is 0 Å². The molecule has 1 aromatic heterocycles. The molecule has 0 aliphatic heterocycles. The number of nitrogens with one attached hydrogen (secondary N) is 1. The van der Waals surface area contributed by atoms with E-state index in [4.69, 9.17) is 12.6 Å². The van der Waals surface area contributed by atoms with Gasteiger partial charge in [0.25, 0.3) is 0 Å². The smallest absolute Gasteiger partial charge is 0.0477 e. The summed E-state index contributed by atoms with van der Waals surface area (Å²) < 4.78 is 0. The van der Waals surface area contributed by atoms with Gasteiger partial charge in [-0.05, 0) is 51.2 Å². The number of aromatic amines is 1. The molecule has 0 saturated carbocycles. The van der Waals surface area contributed by atoms with Crippen LogP contribution in [0.5, 0.6) is 0 Å². The van der Waals surface area contributed by atoms with Crippen LogP contribution in [-0.2, 0) is 0 Å². The Hall–Kier alpha value is -3.49. The number of fused-ring (bicyclic) bond motifs is 5. The predicted octanol–water partition coefficient (Wildman–Crippen LogP) is 8.10. The van der Waals surface area contributed by atoms with E-state index in [0.717, 1.165) is 21.5 Å².